The molecule has 0 amide bonds. The van der Waals surface area contributed by atoms with E-state index in [0.29, 0.717) is 12.2 Å². The van der Waals surface area contributed by atoms with Gasteiger partial charge in [-0.15, -0.1) is 0 Å². The molecule has 1 aromatic heterocycles. The number of hydrogen-bond acceptors (Lipinski definition) is 4. The van der Waals surface area contributed by atoms with Crippen molar-refractivity contribution >= 4 is 11.6 Å². The summed E-state index contributed by atoms with van der Waals surface area (Å²) < 4.78 is 5.56. The zero-order valence-corrected chi connectivity index (χ0v) is 14.6. The molecule has 1 aromatic carbocycles. The molecule has 1 aliphatic rings. The molecule has 128 valence electrons. The van der Waals surface area contributed by atoms with Gasteiger partial charge in [0, 0.05) is 42.4 Å². The van der Waals surface area contributed by atoms with Crippen LogP contribution in [-0.4, -0.2) is 29.8 Å². The first-order valence-corrected chi connectivity index (χ1v) is 8.67. The monoisotopic (exact) mass is 346 g/mol. The van der Waals surface area contributed by atoms with Crippen LogP contribution in [0.25, 0.3) is 0 Å². The Kier molecular flexibility index (Phi) is 5.39. The molecule has 1 saturated heterocycles. The zero-order valence-electron chi connectivity index (χ0n) is 13.9. The molecule has 0 unspecified atom stereocenters. The minimum absolute atomic E-state index is 0.0300. The largest absolute Gasteiger partial charge is 0.506 e. The summed E-state index contributed by atoms with van der Waals surface area (Å²) in [7, 11) is 0. The van der Waals surface area contributed by atoms with Crippen LogP contribution in [0, 0.1) is 6.92 Å². The number of benzene rings is 1. The minimum atomic E-state index is 0.0300. The Morgan fingerprint density at radius 2 is 1.88 bits per heavy atom. The maximum atomic E-state index is 9.95. The Balaban J connectivity index is 1.73. The number of pyridine rings is 1. The van der Waals surface area contributed by atoms with E-state index < -0.39 is 0 Å². The Morgan fingerprint density at radius 3 is 2.58 bits per heavy atom. The molecule has 4 nitrogen and oxygen atoms in total. The average Bonchev–Trinajstić information content (AvgIpc) is 2.59. The van der Waals surface area contributed by atoms with Gasteiger partial charge in [-0.1, -0.05) is 23.7 Å². The molecule has 2 heterocycles. The third-order valence-corrected chi connectivity index (χ3v) is 5.00. The van der Waals surface area contributed by atoms with Crippen molar-refractivity contribution in [2.45, 2.75) is 31.7 Å². The minimum Gasteiger partial charge on any atom is -0.506 e. The average molecular weight is 347 g/mol. The number of aryl methyl sites for hydroxylation is 1. The molecule has 1 aliphatic heterocycles. The summed E-state index contributed by atoms with van der Waals surface area (Å²) in [5.41, 5.74) is 2.91. The summed E-state index contributed by atoms with van der Waals surface area (Å²) in [5, 5.41) is 14.2. The predicted molar refractivity (Wildman–Crippen MR) is 95.5 cm³/mol. The molecule has 0 spiro atoms. The van der Waals surface area contributed by atoms with Gasteiger partial charge in [-0.25, -0.2) is 0 Å². The Morgan fingerprint density at radius 1 is 1.17 bits per heavy atom. The lowest BCUT2D eigenvalue weighted by Crippen LogP contribution is -2.42. The highest BCUT2D eigenvalue weighted by Gasteiger charge is 2.34. The van der Waals surface area contributed by atoms with Crippen molar-refractivity contribution in [3.8, 4) is 5.75 Å². The molecule has 24 heavy (non-hydrogen) atoms. The fourth-order valence-electron chi connectivity index (χ4n) is 3.29. The molecule has 1 fully saturated rings. The van der Waals surface area contributed by atoms with Gasteiger partial charge in [0.15, 0.2) is 0 Å². The van der Waals surface area contributed by atoms with Crippen LogP contribution in [0.4, 0.5) is 0 Å². The summed E-state index contributed by atoms with van der Waals surface area (Å²) in [4.78, 5) is 4.41. The van der Waals surface area contributed by atoms with Crippen LogP contribution >= 0.6 is 11.6 Å². The number of rotatable bonds is 5. The number of ether oxygens (including phenoxy) is 1. The molecule has 2 N–H and O–H groups in total. The van der Waals surface area contributed by atoms with Crippen LogP contribution in [0.15, 0.2) is 36.4 Å². The Hall–Kier alpha value is -1.62. The Bertz CT molecular complexity index is 682. The third-order valence-electron chi connectivity index (χ3n) is 4.75. The normalized spacial score (nSPS) is 16.9. The number of aromatic nitrogens is 1. The summed E-state index contributed by atoms with van der Waals surface area (Å²) in [5.74, 6) is 0.237. The van der Waals surface area contributed by atoms with Crippen LogP contribution in [-0.2, 0) is 16.7 Å². The molecular weight excluding hydrogens is 324 g/mol. The topological polar surface area (TPSA) is 54.4 Å². The summed E-state index contributed by atoms with van der Waals surface area (Å²) >= 11 is 6.04. The number of halogens is 1. The van der Waals surface area contributed by atoms with Crippen molar-refractivity contribution in [1.29, 1.82) is 0 Å². The molecule has 0 aliphatic carbocycles. The molecule has 5 heteroatoms. The van der Waals surface area contributed by atoms with Gasteiger partial charge in [0.2, 0.25) is 0 Å². The van der Waals surface area contributed by atoms with E-state index in [1.165, 1.54) is 5.56 Å². The van der Waals surface area contributed by atoms with Gasteiger partial charge < -0.3 is 15.2 Å². The van der Waals surface area contributed by atoms with Crippen LogP contribution < -0.4 is 5.32 Å². The summed E-state index contributed by atoms with van der Waals surface area (Å²) in [6, 6.07) is 11.6. The van der Waals surface area contributed by atoms with E-state index in [9.17, 15) is 5.11 Å². The lowest BCUT2D eigenvalue weighted by atomic mass is 9.74. The Labute approximate surface area is 147 Å². The molecule has 0 bridgehead atoms. The maximum Gasteiger partial charge on any atom is 0.138 e. The molecule has 2 aromatic rings. The maximum absolute atomic E-state index is 9.95. The van der Waals surface area contributed by atoms with Gasteiger partial charge in [-0.2, -0.15) is 0 Å². The van der Waals surface area contributed by atoms with Crippen molar-refractivity contribution in [3.05, 3.63) is 58.4 Å². The van der Waals surface area contributed by atoms with Gasteiger partial charge in [0.25, 0.3) is 0 Å². The molecule has 3 rings (SSSR count). The predicted octanol–water partition coefficient (Wildman–Crippen LogP) is 3.59. The second kappa shape index (κ2) is 7.51. The molecule has 0 atom stereocenters. The highest BCUT2D eigenvalue weighted by molar-refractivity contribution is 6.30. The van der Waals surface area contributed by atoms with Crippen LogP contribution in [0.1, 0.15) is 29.8 Å². The second-order valence-electron chi connectivity index (χ2n) is 6.42. The first kappa shape index (κ1) is 17.2. The van der Waals surface area contributed by atoms with E-state index in [2.05, 4.69) is 22.4 Å². The second-order valence-corrected chi connectivity index (χ2v) is 6.86. The molecular formula is C19H23ClN2O2. The van der Waals surface area contributed by atoms with Crippen LogP contribution in [0.5, 0.6) is 5.75 Å². The smallest absolute Gasteiger partial charge is 0.138 e. The number of aromatic hydroxyl groups is 1. The third kappa shape index (κ3) is 3.89. The van der Waals surface area contributed by atoms with E-state index in [-0.39, 0.29) is 11.2 Å². The van der Waals surface area contributed by atoms with Gasteiger partial charge in [0.1, 0.15) is 5.75 Å². The van der Waals surface area contributed by atoms with E-state index in [0.717, 1.165) is 43.3 Å². The zero-order chi connectivity index (χ0) is 17.0. The van der Waals surface area contributed by atoms with Crippen molar-refractivity contribution in [1.82, 2.24) is 10.3 Å². The number of nitrogens with one attached hydrogen (secondary N) is 1. The molecule has 0 saturated carbocycles. The van der Waals surface area contributed by atoms with Crippen LogP contribution in [0.2, 0.25) is 5.02 Å². The van der Waals surface area contributed by atoms with Gasteiger partial charge in [-0.3, -0.25) is 4.98 Å². The first-order valence-electron chi connectivity index (χ1n) is 8.29. The lowest BCUT2D eigenvalue weighted by Gasteiger charge is -2.38. The van der Waals surface area contributed by atoms with Gasteiger partial charge >= 0.3 is 0 Å². The van der Waals surface area contributed by atoms with Crippen molar-refractivity contribution in [2.24, 2.45) is 0 Å². The quantitative estimate of drug-likeness (QED) is 0.868. The van der Waals surface area contributed by atoms with E-state index in [1.54, 1.807) is 6.07 Å². The van der Waals surface area contributed by atoms with E-state index in [1.807, 2.05) is 25.1 Å². The number of hydrogen-bond donors (Lipinski definition) is 2. The lowest BCUT2D eigenvalue weighted by molar-refractivity contribution is 0.0497. The van der Waals surface area contributed by atoms with Crippen molar-refractivity contribution in [2.75, 3.05) is 19.8 Å². The standard InChI is InChI=1S/C19H23ClN2O2/c1-14-2-7-18(23)17(22-14)12-21-13-19(8-10-24-11-9-19)15-3-5-16(20)6-4-15/h2-7,21,23H,8-13H2,1H3. The van der Waals surface area contributed by atoms with Crippen molar-refractivity contribution < 1.29 is 9.84 Å². The van der Waals surface area contributed by atoms with E-state index in [4.69, 9.17) is 16.3 Å². The summed E-state index contributed by atoms with van der Waals surface area (Å²) in [6.45, 7) is 4.81. The van der Waals surface area contributed by atoms with Gasteiger partial charge in [-0.05, 0) is 49.6 Å². The highest BCUT2D eigenvalue weighted by atomic mass is 35.5. The molecule has 0 radical (unpaired) electrons. The SMILES string of the molecule is Cc1ccc(O)c(CNCC2(c3ccc(Cl)cc3)CCOCC2)n1. The van der Waals surface area contributed by atoms with E-state index >= 15 is 0 Å². The fraction of sp³-hybridized carbons (Fsp3) is 0.421. The fourth-order valence-corrected chi connectivity index (χ4v) is 3.41. The number of nitrogens with zero attached hydrogens (tertiary/aromatic N) is 1. The summed E-state index contributed by atoms with van der Waals surface area (Å²) in [6.07, 6.45) is 1.93. The van der Waals surface area contributed by atoms with Crippen molar-refractivity contribution in [3.63, 3.8) is 0 Å². The highest BCUT2D eigenvalue weighted by Crippen LogP contribution is 2.35. The van der Waals surface area contributed by atoms with Gasteiger partial charge in [0.05, 0.1) is 5.69 Å². The first-order chi connectivity index (χ1) is 11.6. The van der Waals surface area contributed by atoms with Crippen LogP contribution in [0.3, 0.4) is 0 Å².